The highest BCUT2D eigenvalue weighted by Gasteiger charge is 2.36. The Balaban J connectivity index is 3.26. The van der Waals surface area contributed by atoms with Gasteiger partial charge < -0.3 is 10.5 Å². The summed E-state index contributed by atoms with van der Waals surface area (Å²) in [5.74, 6) is -0.781. The fourth-order valence-corrected chi connectivity index (χ4v) is 2.17. The lowest BCUT2D eigenvalue weighted by Gasteiger charge is -2.33. The molecule has 1 aromatic carbocycles. The summed E-state index contributed by atoms with van der Waals surface area (Å²) in [6.45, 7) is 3.52. The first-order valence-electron chi connectivity index (χ1n) is 5.59. The van der Waals surface area contributed by atoms with Gasteiger partial charge in [-0.05, 0) is 30.7 Å². The standard InChI is InChI=1S/C13H17BrFNO2/c1-8(16)13(2,7-12(17)18-3)10-6-9(14)4-5-11(10)15/h4-6,8H,7,16H2,1-3H3. The zero-order chi connectivity index (χ0) is 13.9. The first kappa shape index (κ1) is 15.1. The third-order valence-electron chi connectivity index (χ3n) is 3.29. The van der Waals surface area contributed by atoms with E-state index in [4.69, 9.17) is 5.73 Å². The molecule has 0 aliphatic carbocycles. The van der Waals surface area contributed by atoms with Crippen LogP contribution in [0.3, 0.4) is 0 Å². The number of ether oxygens (including phenoxy) is 1. The molecule has 100 valence electrons. The van der Waals surface area contributed by atoms with Crippen LogP contribution in [-0.2, 0) is 14.9 Å². The summed E-state index contributed by atoms with van der Waals surface area (Å²) in [5, 5.41) is 0. The van der Waals surface area contributed by atoms with Crippen molar-refractivity contribution in [3.8, 4) is 0 Å². The molecule has 0 aromatic heterocycles. The molecular weight excluding hydrogens is 301 g/mol. The van der Waals surface area contributed by atoms with E-state index in [9.17, 15) is 9.18 Å². The lowest BCUT2D eigenvalue weighted by atomic mass is 9.74. The summed E-state index contributed by atoms with van der Waals surface area (Å²) in [4.78, 5) is 11.5. The second-order valence-corrected chi connectivity index (χ2v) is 5.50. The van der Waals surface area contributed by atoms with Crippen LogP contribution in [0.15, 0.2) is 22.7 Å². The van der Waals surface area contributed by atoms with Gasteiger partial charge in [0.25, 0.3) is 0 Å². The molecule has 0 amide bonds. The van der Waals surface area contributed by atoms with Gasteiger partial charge in [-0.1, -0.05) is 22.9 Å². The summed E-state index contributed by atoms with van der Waals surface area (Å²) in [5.41, 5.74) is 5.54. The van der Waals surface area contributed by atoms with Crippen LogP contribution in [-0.4, -0.2) is 19.1 Å². The summed E-state index contributed by atoms with van der Waals surface area (Å²) in [6, 6.07) is 4.23. The third-order valence-corrected chi connectivity index (χ3v) is 3.78. The van der Waals surface area contributed by atoms with Gasteiger partial charge in [0.15, 0.2) is 0 Å². The van der Waals surface area contributed by atoms with Gasteiger partial charge in [0.1, 0.15) is 5.82 Å². The van der Waals surface area contributed by atoms with Gasteiger partial charge in [-0.25, -0.2) is 4.39 Å². The number of esters is 1. The van der Waals surface area contributed by atoms with Crippen LogP contribution in [0, 0.1) is 5.82 Å². The zero-order valence-corrected chi connectivity index (χ0v) is 12.3. The summed E-state index contributed by atoms with van der Waals surface area (Å²) in [7, 11) is 1.31. The Bertz CT molecular complexity index is 451. The lowest BCUT2D eigenvalue weighted by molar-refractivity contribution is -0.142. The molecule has 0 saturated carbocycles. The molecule has 2 N–H and O–H groups in total. The van der Waals surface area contributed by atoms with E-state index in [1.165, 1.54) is 13.2 Å². The van der Waals surface area contributed by atoms with E-state index in [-0.39, 0.29) is 18.3 Å². The molecule has 0 aliphatic heterocycles. The highest BCUT2D eigenvalue weighted by Crippen LogP contribution is 2.34. The number of hydrogen-bond donors (Lipinski definition) is 1. The van der Waals surface area contributed by atoms with Crippen molar-refractivity contribution in [2.24, 2.45) is 5.73 Å². The molecule has 0 aliphatic rings. The van der Waals surface area contributed by atoms with E-state index in [2.05, 4.69) is 20.7 Å². The molecule has 2 unspecified atom stereocenters. The average Bonchev–Trinajstić information content (AvgIpc) is 2.31. The van der Waals surface area contributed by atoms with Crippen LogP contribution in [0.1, 0.15) is 25.8 Å². The van der Waals surface area contributed by atoms with E-state index in [1.807, 2.05) is 0 Å². The van der Waals surface area contributed by atoms with Crippen molar-refractivity contribution in [2.75, 3.05) is 7.11 Å². The molecule has 1 aromatic rings. The first-order valence-corrected chi connectivity index (χ1v) is 6.38. The second kappa shape index (κ2) is 5.80. The van der Waals surface area contributed by atoms with Crippen molar-refractivity contribution in [2.45, 2.75) is 31.7 Å². The van der Waals surface area contributed by atoms with Crippen molar-refractivity contribution in [3.63, 3.8) is 0 Å². The largest absolute Gasteiger partial charge is 0.469 e. The molecule has 0 heterocycles. The predicted octanol–water partition coefficient (Wildman–Crippen LogP) is 2.76. The molecule has 0 spiro atoms. The van der Waals surface area contributed by atoms with Crippen LogP contribution in [0.25, 0.3) is 0 Å². The first-order chi connectivity index (χ1) is 8.31. The maximum Gasteiger partial charge on any atom is 0.306 e. The molecule has 18 heavy (non-hydrogen) atoms. The van der Waals surface area contributed by atoms with E-state index in [0.29, 0.717) is 5.56 Å². The maximum atomic E-state index is 14.0. The van der Waals surface area contributed by atoms with E-state index in [1.54, 1.807) is 26.0 Å². The Kier molecular flexibility index (Phi) is 4.87. The molecule has 0 fully saturated rings. The Labute approximate surface area is 115 Å². The Morgan fingerprint density at radius 1 is 1.61 bits per heavy atom. The number of benzene rings is 1. The van der Waals surface area contributed by atoms with Gasteiger partial charge in [-0.15, -0.1) is 0 Å². The highest BCUT2D eigenvalue weighted by atomic mass is 79.9. The Morgan fingerprint density at radius 2 is 2.22 bits per heavy atom. The van der Waals surface area contributed by atoms with Crippen LogP contribution < -0.4 is 5.73 Å². The number of rotatable bonds is 4. The monoisotopic (exact) mass is 317 g/mol. The van der Waals surface area contributed by atoms with Crippen molar-refractivity contribution < 1.29 is 13.9 Å². The molecule has 0 saturated heterocycles. The third kappa shape index (κ3) is 3.09. The van der Waals surface area contributed by atoms with E-state index < -0.39 is 11.4 Å². The van der Waals surface area contributed by atoms with Crippen molar-refractivity contribution >= 4 is 21.9 Å². The quantitative estimate of drug-likeness (QED) is 0.869. The minimum atomic E-state index is -0.805. The highest BCUT2D eigenvalue weighted by molar-refractivity contribution is 9.10. The van der Waals surface area contributed by atoms with E-state index in [0.717, 1.165) is 4.47 Å². The number of halogens is 2. The van der Waals surface area contributed by atoms with Gasteiger partial charge in [-0.3, -0.25) is 4.79 Å². The number of hydrogen-bond acceptors (Lipinski definition) is 3. The van der Waals surface area contributed by atoms with Crippen molar-refractivity contribution in [1.29, 1.82) is 0 Å². The summed E-state index contributed by atoms with van der Waals surface area (Å²) < 4.78 is 19.4. The molecule has 0 bridgehead atoms. The number of carbonyl (C=O) groups is 1. The van der Waals surface area contributed by atoms with Crippen molar-refractivity contribution in [3.05, 3.63) is 34.1 Å². The van der Waals surface area contributed by atoms with Gasteiger partial charge >= 0.3 is 5.97 Å². The number of methoxy groups -OCH3 is 1. The van der Waals surface area contributed by atoms with Gasteiger partial charge in [0, 0.05) is 15.9 Å². The van der Waals surface area contributed by atoms with Crippen LogP contribution >= 0.6 is 15.9 Å². The fourth-order valence-electron chi connectivity index (χ4n) is 1.81. The minimum absolute atomic E-state index is 0.0362. The van der Waals surface area contributed by atoms with Crippen LogP contribution in [0.2, 0.25) is 0 Å². The average molecular weight is 318 g/mol. The van der Waals surface area contributed by atoms with Crippen LogP contribution in [0.5, 0.6) is 0 Å². The molecule has 2 atom stereocenters. The SMILES string of the molecule is COC(=O)CC(C)(c1cc(Br)ccc1F)C(C)N. The topological polar surface area (TPSA) is 52.3 Å². The van der Waals surface area contributed by atoms with Gasteiger partial charge in [0.2, 0.25) is 0 Å². The lowest BCUT2D eigenvalue weighted by Crippen LogP contribution is -2.43. The number of carbonyl (C=O) groups excluding carboxylic acids is 1. The summed E-state index contributed by atoms with van der Waals surface area (Å²) >= 11 is 3.30. The normalized spacial score (nSPS) is 15.9. The maximum absolute atomic E-state index is 14.0. The van der Waals surface area contributed by atoms with Crippen LogP contribution in [0.4, 0.5) is 4.39 Å². The van der Waals surface area contributed by atoms with Crippen molar-refractivity contribution in [1.82, 2.24) is 0 Å². The Hall–Kier alpha value is -0.940. The Morgan fingerprint density at radius 3 is 2.72 bits per heavy atom. The summed E-state index contributed by atoms with van der Waals surface area (Å²) in [6.07, 6.45) is 0.0362. The molecule has 1 rings (SSSR count). The van der Waals surface area contributed by atoms with E-state index >= 15 is 0 Å². The predicted molar refractivity (Wildman–Crippen MR) is 71.7 cm³/mol. The number of nitrogens with two attached hydrogens (primary N) is 1. The van der Waals surface area contributed by atoms with Gasteiger partial charge in [0.05, 0.1) is 13.5 Å². The molecule has 5 heteroatoms. The second-order valence-electron chi connectivity index (χ2n) is 4.58. The molecule has 3 nitrogen and oxygen atoms in total. The van der Waals surface area contributed by atoms with Gasteiger partial charge in [-0.2, -0.15) is 0 Å². The zero-order valence-electron chi connectivity index (χ0n) is 10.7. The fraction of sp³-hybridized carbons (Fsp3) is 0.462. The minimum Gasteiger partial charge on any atom is -0.469 e. The molecule has 0 radical (unpaired) electrons. The molecular formula is C13H17BrFNO2. The smallest absolute Gasteiger partial charge is 0.306 e.